The molecule has 0 spiro atoms. The Balaban J connectivity index is 2.41. The maximum Gasteiger partial charge on any atom is 0.244 e. The van der Waals surface area contributed by atoms with Gasteiger partial charge in [-0.1, -0.05) is 47.5 Å². The van der Waals surface area contributed by atoms with E-state index in [1.165, 1.54) is 11.0 Å². The molecule has 1 atom stereocenters. The predicted octanol–water partition coefficient (Wildman–Crippen LogP) is 4.09. The highest BCUT2D eigenvalue weighted by atomic mass is 35.5. The van der Waals surface area contributed by atoms with Crippen molar-refractivity contribution in [3.8, 4) is 0 Å². The van der Waals surface area contributed by atoms with Crippen LogP contribution in [0.15, 0.2) is 48.5 Å². The normalized spacial score (nSPS) is 12.7. The molecule has 0 saturated carbocycles. The van der Waals surface area contributed by atoms with Crippen molar-refractivity contribution in [2.45, 2.75) is 45.8 Å². The van der Waals surface area contributed by atoms with Crippen LogP contribution in [0.4, 0.5) is 5.69 Å². The number of anilines is 1. The summed E-state index contributed by atoms with van der Waals surface area (Å²) in [7, 11) is -3.84. The number of nitrogens with one attached hydrogen (secondary N) is 1. The van der Waals surface area contributed by atoms with Gasteiger partial charge in [0.05, 0.1) is 17.0 Å². The molecule has 0 aliphatic heterocycles. The number of sulfonamides is 1. The van der Waals surface area contributed by atoms with E-state index in [-0.39, 0.29) is 23.2 Å². The molecule has 0 heterocycles. The molecule has 0 aliphatic rings. The maximum atomic E-state index is 13.4. The van der Waals surface area contributed by atoms with Crippen LogP contribution < -0.4 is 9.62 Å². The van der Waals surface area contributed by atoms with Crippen LogP contribution in [0.3, 0.4) is 0 Å². The molecule has 0 radical (unpaired) electrons. The lowest BCUT2D eigenvalue weighted by molar-refractivity contribution is -0.140. The maximum absolute atomic E-state index is 13.4. The van der Waals surface area contributed by atoms with E-state index in [9.17, 15) is 18.0 Å². The van der Waals surface area contributed by atoms with Crippen LogP contribution in [-0.2, 0) is 26.2 Å². The third-order valence-corrected chi connectivity index (χ3v) is 6.43. The zero-order valence-corrected chi connectivity index (χ0v) is 21.6. The standard InChI is InChI=1S/C23H29Cl2N3O4S/c1-16(22(30)26-23(2,3)4)27(14-17-10-12-18(24)13-11-17)21(29)15-28(33(5,31)32)20-9-7-6-8-19(20)25/h6-13,16H,14-15H2,1-5H3,(H,26,30)/t16-/m1/s1. The lowest BCUT2D eigenvalue weighted by Crippen LogP contribution is -2.54. The van der Waals surface area contributed by atoms with E-state index in [2.05, 4.69) is 5.32 Å². The highest BCUT2D eigenvalue weighted by Crippen LogP contribution is 2.27. The van der Waals surface area contributed by atoms with E-state index in [0.717, 1.165) is 16.1 Å². The van der Waals surface area contributed by atoms with E-state index in [1.54, 1.807) is 49.4 Å². The van der Waals surface area contributed by atoms with Gasteiger partial charge in [0.15, 0.2) is 0 Å². The van der Waals surface area contributed by atoms with Gasteiger partial charge >= 0.3 is 0 Å². The van der Waals surface area contributed by atoms with Crippen molar-refractivity contribution in [1.29, 1.82) is 0 Å². The summed E-state index contributed by atoms with van der Waals surface area (Å²) >= 11 is 12.2. The number of nitrogens with zero attached hydrogens (tertiary/aromatic N) is 2. The zero-order chi connectivity index (χ0) is 25.0. The van der Waals surface area contributed by atoms with Gasteiger partial charge in [0.25, 0.3) is 0 Å². The Morgan fingerprint density at radius 2 is 1.61 bits per heavy atom. The molecule has 0 aliphatic carbocycles. The monoisotopic (exact) mass is 513 g/mol. The first-order valence-electron chi connectivity index (χ1n) is 10.3. The molecule has 0 unspecified atom stereocenters. The number of carbonyl (C=O) groups excluding carboxylic acids is 2. The molecule has 2 aromatic carbocycles. The van der Waals surface area contributed by atoms with Crippen LogP contribution in [-0.4, -0.2) is 49.5 Å². The third kappa shape index (κ3) is 7.91. The van der Waals surface area contributed by atoms with Crippen LogP contribution in [0.2, 0.25) is 10.0 Å². The molecule has 0 fully saturated rings. The molecule has 0 saturated heterocycles. The fourth-order valence-electron chi connectivity index (χ4n) is 3.09. The first-order chi connectivity index (χ1) is 15.2. The van der Waals surface area contributed by atoms with Gasteiger partial charge < -0.3 is 10.2 Å². The second kappa shape index (κ2) is 10.8. The summed E-state index contributed by atoms with van der Waals surface area (Å²) in [4.78, 5) is 27.7. The van der Waals surface area contributed by atoms with E-state index >= 15 is 0 Å². The smallest absolute Gasteiger partial charge is 0.244 e. The summed E-state index contributed by atoms with van der Waals surface area (Å²) in [6.45, 7) is 6.70. The number of rotatable bonds is 8. The first kappa shape index (κ1) is 27.0. The Labute approximate surface area is 205 Å². The van der Waals surface area contributed by atoms with Gasteiger partial charge in [-0.25, -0.2) is 8.42 Å². The van der Waals surface area contributed by atoms with Gasteiger partial charge in [0.1, 0.15) is 12.6 Å². The number of carbonyl (C=O) groups is 2. The average molecular weight is 514 g/mol. The lowest BCUT2D eigenvalue weighted by atomic mass is 10.1. The minimum absolute atomic E-state index is 0.0921. The number of benzene rings is 2. The van der Waals surface area contributed by atoms with Crippen molar-refractivity contribution in [1.82, 2.24) is 10.2 Å². The lowest BCUT2D eigenvalue weighted by Gasteiger charge is -2.33. The van der Waals surface area contributed by atoms with Crippen LogP contribution in [0.1, 0.15) is 33.3 Å². The van der Waals surface area contributed by atoms with Crippen LogP contribution in [0, 0.1) is 0 Å². The molecule has 2 amide bonds. The van der Waals surface area contributed by atoms with Crippen molar-refractivity contribution >= 4 is 50.7 Å². The van der Waals surface area contributed by atoms with Gasteiger partial charge in [0.2, 0.25) is 21.8 Å². The number of hydrogen-bond acceptors (Lipinski definition) is 4. The molecular formula is C23H29Cl2N3O4S. The summed E-state index contributed by atoms with van der Waals surface area (Å²) in [6.07, 6.45) is 1.00. The molecule has 33 heavy (non-hydrogen) atoms. The number of hydrogen-bond donors (Lipinski definition) is 1. The summed E-state index contributed by atoms with van der Waals surface area (Å²) in [5.74, 6) is -0.902. The Kier molecular flexibility index (Phi) is 8.79. The fraction of sp³-hybridized carbons (Fsp3) is 0.391. The first-order valence-corrected chi connectivity index (χ1v) is 12.9. The second-order valence-electron chi connectivity index (χ2n) is 8.78. The molecule has 0 aromatic heterocycles. The van der Waals surface area contributed by atoms with Crippen LogP contribution in [0.5, 0.6) is 0 Å². The summed E-state index contributed by atoms with van der Waals surface area (Å²) < 4.78 is 26.0. The molecule has 180 valence electrons. The predicted molar refractivity (Wildman–Crippen MR) is 133 cm³/mol. The van der Waals surface area contributed by atoms with Gasteiger partial charge in [-0.15, -0.1) is 0 Å². The van der Waals surface area contributed by atoms with Crippen molar-refractivity contribution in [3.63, 3.8) is 0 Å². The van der Waals surface area contributed by atoms with Crippen molar-refractivity contribution in [3.05, 3.63) is 64.1 Å². The van der Waals surface area contributed by atoms with Crippen molar-refractivity contribution in [2.75, 3.05) is 17.1 Å². The average Bonchev–Trinajstić information content (AvgIpc) is 2.69. The quantitative estimate of drug-likeness (QED) is 0.575. The van der Waals surface area contributed by atoms with Gasteiger partial charge in [-0.2, -0.15) is 0 Å². The zero-order valence-electron chi connectivity index (χ0n) is 19.3. The third-order valence-electron chi connectivity index (χ3n) is 4.73. The topological polar surface area (TPSA) is 86.8 Å². The summed E-state index contributed by atoms with van der Waals surface area (Å²) in [5, 5.41) is 3.60. The SMILES string of the molecule is C[C@H](C(=O)NC(C)(C)C)N(Cc1ccc(Cl)cc1)C(=O)CN(c1ccccc1Cl)S(C)(=O)=O. The minimum Gasteiger partial charge on any atom is -0.350 e. The number of amides is 2. The van der Waals surface area contributed by atoms with Crippen molar-refractivity contribution < 1.29 is 18.0 Å². The molecule has 2 aromatic rings. The van der Waals surface area contributed by atoms with E-state index in [1.807, 2.05) is 20.8 Å². The molecule has 0 bridgehead atoms. The fourth-order valence-corrected chi connectivity index (χ4v) is 4.37. The molecule has 7 nitrogen and oxygen atoms in total. The largest absolute Gasteiger partial charge is 0.350 e. The Bertz CT molecular complexity index is 1100. The Morgan fingerprint density at radius 3 is 2.12 bits per heavy atom. The number of halogens is 2. The Hall–Kier alpha value is -2.29. The molecule has 2 rings (SSSR count). The van der Waals surface area contributed by atoms with Crippen LogP contribution in [0.25, 0.3) is 0 Å². The summed E-state index contributed by atoms with van der Waals surface area (Å²) in [5.41, 5.74) is 0.427. The van der Waals surface area contributed by atoms with Gasteiger partial charge in [0, 0.05) is 17.1 Å². The second-order valence-corrected chi connectivity index (χ2v) is 11.5. The molecule has 10 heteroatoms. The van der Waals surface area contributed by atoms with E-state index < -0.39 is 34.1 Å². The highest BCUT2D eigenvalue weighted by Gasteiger charge is 2.31. The molecule has 1 N–H and O–H groups in total. The minimum atomic E-state index is -3.84. The summed E-state index contributed by atoms with van der Waals surface area (Å²) in [6, 6.07) is 12.4. The van der Waals surface area contributed by atoms with Crippen molar-refractivity contribution in [2.24, 2.45) is 0 Å². The van der Waals surface area contributed by atoms with E-state index in [0.29, 0.717) is 5.02 Å². The Morgan fingerprint density at radius 1 is 1.03 bits per heavy atom. The van der Waals surface area contributed by atoms with E-state index in [4.69, 9.17) is 23.2 Å². The van der Waals surface area contributed by atoms with Gasteiger partial charge in [-0.05, 0) is 57.5 Å². The number of para-hydroxylation sites is 1. The molecular weight excluding hydrogens is 485 g/mol. The van der Waals surface area contributed by atoms with Gasteiger partial charge in [-0.3, -0.25) is 13.9 Å². The highest BCUT2D eigenvalue weighted by molar-refractivity contribution is 7.92. The van der Waals surface area contributed by atoms with Crippen LogP contribution >= 0.6 is 23.2 Å².